The summed E-state index contributed by atoms with van der Waals surface area (Å²) in [5.41, 5.74) is 2.38. The summed E-state index contributed by atoms with van der Waals surface area (Å²) < 4.78 is 0. The van der Waals surface area contributed by atoms with Crippen LogP contribution in [0.25, 0.3) is 22.3 Å². The Morgan fingerprint density at radius 3 is 2.60 bits per heavy atom. The minimum absolute atomic E-state index is 0.173. The number of anilines is 1. The minimum atomic E-state index is -0.391. The molecule has 1 aromatic heterocycles. The lowest BCUT2D eigenvalue weighted by atomic mass is 9.92. The smallest absolute Gasteiger partial charge is 0.275 e. The van der Waals surface area contributed by atoms with Crippen molar-refractivity contribution in [1.29, 1.82) is 0 Å². The molecule has 2 atom stereocenters. The molecule has 3 N–H and O–H groups in total. The van der Waals surface area contributed by atoms with Gasteiger partial charge in [0, 0.05) is 37.7 Å². The van der Waals surface area contributed by atoms with Crippen molar-refractivity contribution in [2.75, 3.05) is 31.5 Å². The topological polar surface area (TPSA) is 107 Å². The van der Waals surface area contributed by atoms with Crippen molar-refractivity contribution in [3.63, 3.8) is 0 Å². The number of aromatic amines is 1. The zero-order chi connectivity index (χ0) is 24.9. The van der Waals surface area contributed by atoms with Crippen molar-refractivity contribution in [1.82, 2.24) is 20.2 Å². The van der Waals surface area contributed by atoms with Gasteiger partial charge in [-0.2, -0.15) is 0 Å². The van der Waals surface area contributed by atoms with Crippen LogP contribution in [0.1, 0.15) is 44.0 Å². The number of benzene rings is 2. The van der Waals surface area contributed by atoms with Gasteiger partial charge in [0.1, 0.15) is 5.69 Å². The summed E-state index contributed by atoms with van der Waals surface area (Å²) in [5, 5.41) is 5.72. The number of likely N-dealkylation sites (tertiary alicyclic amines) is 1. The number of piperidine rings is 1. The van der Waals surface area contributed by atoms with Crippen molar-refractivity contribution < 1.29 is 9.59 Å². The number of carbonyl (C=O) groups is 2. The molecule has 184 valence electrons. The first-order valence-corrected chi connectivity index (χ1v) is 12.2. The molecule has 1 aliphatic heterocycles. The summed E-state index contributed by atoms with van der Waals surface area (Å²) >= 11 is 0. The zero-order valence-electron chi connectivity index (χ0n) is 20.6. The molecule has 2 heterocycles. The van der Waals surface area contributed by atoms with Crippen molar-refractivity contribution in [3.05, 3.63) is 58.4 Å². The van der Waals surface area contributed by atoms with E-state index in [0.29, 0.717) is 34.4 Å². The van der Waals surface area contributed by atoms with Crippen LogP contribution in [0.3, 0.4) is 0 Å². The lowest BCUT2D eigenvalue weighted by Gasteiger charge is -2.34. The largest absolute Gasteiger partial charge is 0.352 e. The number of amides is 2. The molecule has 0 saturated carbocycles. The molecule has 8 nitrogen and oxygen atoms in total. The Hall–Kier alpha value is -3.52. The van der Waals surface area contributed by atoms with E-state index in [4.69, 9.17) is 0 Å². The summed E-state index contributed by atoms with van der Waals surface area (Å²) in [6.45, 7) is 9.84. The molecule has 3 aromatic rings. The van der Waals surface area contributed by atoms with E-state index in [1.807, 2.05) is 0 Å². The maximum atomic E-state index is 12.8. The molecular weight excluding hydrogens is 442 g/mol. The van der Waals surface area contributed by atoms with Crippen molar-refractivity contribution in [2.45, 2.75) is 33.6 Å². The number of fused-ring (bicyclic) bond motifs is 1. The standard InChI is InChI=1S/C27H33N5O3/c1-17-13-18(2)16-32(15-17)12-6-11-28-26(34)20-9-10-23-24(14-20)31-27(35)25(30-23)21-7-4-5-8-22(21)29-19(3)33/h4-5,7-10,14,17-18H,6,11-13,15-16H2,1-3H3,(H,28,34)(H,29,33)(H,31,35)/t17-,18-/m1/s1. The first kappa shape index (κ1) is 24.6. The monoisotopic (exact) mass is 475 g/mol. The maximum Gasteiger partial charge on any atom is 0.275 e. The molecular formula is C27H33N5O3. The van der Waals surface area contributed by atoms with Gasteiger partial charge in [0.05, 0.1) is 16.7 Å². The minimum Gasteiger partial charge on any atom is -0.352 e. The highest BCUT2D eigenvalue weighted by atomic mass is 16.2. The fourth-order valence-electron chi connectivity index (χ4n) is 4.98. The van der Waals surface area contributed by atoms with Crippen LogP contribution in [0.5, 0.6) is 0 Å². The number of H-pyrrole nitrogens is 1. The second kappa shape index (κ2) is 10.8. The second-order valence-electron chi connectivity index (χ2n) is 9.69. The Morgan fingerprint density at radius 1 is 1.11 bits per heavy atom. The number of hydrogen-bond acceptors (Lipinski definition) is 5. The molecule has 1 saturated heterocycles. The van der Waals surface area contributed by atoms with Gasteiger partial charge in [-0.15, -0.1) is 0 Å². The molecule has 0 aliphatic carbocycles. The molecule has 8 heteroatoms. The number of nitrogens with zero attached hydrogens (tertiary/aromatic N) is 2. The molecule has 1 aliphatic rings. The van der Waals surface area contributed by atoms with Gasteiger partial charge in [0.25, 0.3) is 11.5 Å². The van der Waals surface area contributed by atoms with E-state index in [1.54, 1.807) is 42.5 Å². The van der Waals surface area contributed by atoms with E-state index in [-0.39, 0.29) is 17.5 Å². The molecule has 0 bridgehead atoms. The predicted octanol–water partition coefficient (Wildman–Crippen LogP) is 3.65. The highest BCUT2D eigenvalue weighted by molar-refractivity contribution is 5.98. The lowest BCUT2D eigenvalue weighted by molar-refractivity contribution is -0.114. The van der Waals surface area contributed by atoms with Gasteiger partial charge >= 0.3 is 0 Å². The molecule has 4 rings (SSSR count). The average Bonchev–Trinajstić information content (AvgIpc) is 2.80. The molecule has 2 aromatic carbocycles. The second-order valence-corrected chi connectivity index (χ2v) is 9.69. The van der Waals surface area contributed by atoms with Crippen LogP contribution in [0.2, 0.25) is 0 Å². The lowest BCUT2D eigenvalue weighted by Crippen LogP contribution is -2.40. The fourth-order valence-corrected chi connectivity index (χ4v) is 4.98. The van der Waals surface area contributed by atoms with Crippen LogP contribution in [0, 0.1) is 11.8 Å². The normalized spacial score (nSPS) is 18.4. The van der Waals surface area contributed by atoms with E-state index < -0.39 is 5.56 Å². The Bertz CT molecular complexity index is 1280. The predicted molar refractivity (Wildman–Crippen MR) is 138 cm³/mol. The summed E-state index contributed by atoms with van der Waals surface area (Å²) in [4.78, 5) is 46.9. The number of hydrogen-bond donors (Lipinski definition) is 3. The Kier molecular flexibility index (Phi) is 7.60. The third-order valence-electron chi connectivity index (χ3n) is 6.33. The van der Waals surface area contributed by atoms with Crippen molar-refractivity contribution in [3.8, 4) is 11.3 Å². The highest BCUT2D eigenvalue weighted by Gasteiger charge is 2.21. The van der Waals surface area contributed by atoms with E-state index in [1.165, 1.54) is 13.3 Å². The number of aromatic nitrogens is 2. The molecule has 1 fully saturated rings. The Balaban J connectivity index is 1.43. The van der Waals surface area contributed by atoms with Gasteiger partial charge in [0.2, 0.25) is 5.91 Å². The van der Waals surface area contributed by atoms with E-state index in [9.17, 15) is 14.4 Å². The van der Waals surface area contributed by atoms with Crippen molar-refractivity contribution >= 4 is 28.5 Å². The van der Waals surface area contributed by atoms with Crippen LogP contribution in [0.15, 0.2) is 47.3 Å². The molecule has 35 heavy (non-hydrogen) atoms. The van der Waals surface area contributed by atoms with Crippen LogP contribution in [0.4, 0.5) is 5.69 Å². The SMILES string of the molecule is CC(=O)Nc1ccccc1-c1nc2ccc(C(=O)NCCCN3C[C@H](C)C[C@@H](C)C3)cc2[nH]c1=O. The maximum absolute atomic E-state index is 12.8. The fraction of sp³-hybridized carbons (Fsp3) is 0.407. The van der Waals surface area contributed by atoms with Crippen LogP contribution < -0.4 is 16.2 Å². The summed E-state index contributed by atoms with van der Waals surface area (Å²) in [6.07, 6.45) is 2.18. The van der Waals surface area contributed by atoms with Gasteiger partial charge in [-0.1, -0.05) is 32.0 Å². The first-order chi connectivity index (χ1) is 16.8. The van der Waals surface area contributed by atoms with Crippen LogP contribution >= 0.6 is 0 Å². The molecule has 0 radical (unpaired) electrons. The average molecular weight is 476 g/mol. The van der Waals surface area contributed by atoms with Gasteiger partial charge in [-0.05, 0) is 55.5 Å². The van der Waals surface area contributed by atoms with Gasteiger partial charge in [0.15, 0.2) is 0 Å². The van der Waals surface area contributed by atoms with E-state index in [2.05, 4.69) is 39.3 Å². The third-order valence-corrected chi connectivity index (χ3v) is 6.33. The Morgan fingerprint density at radius 2 is 1.86 bits per heavy atom. The van der Waals surface area contributed by atoms with Gasteiger partial charge in [-0.3, -0.25) is 14.4 Å². The third kappa shape index (κ3) is 6.14. The van der Waals surface area contributed by atoms with E-state index in [0.717, 1.165) is 37.9 Å². The summed E-state index contributed by atoms with van der Waals surface area (Å²) in [7, 11) is 0. The van der Waals surface area contributed by atoms with Crippen molar-refractivity contribution in [2.24, 2.45) is 11.8 Å². The number of rotatable bonds is 7. The van der Waals surface area contributed by atoms with Crippen LogP contribution in [-0.2, 0) is 4.79 Å². The van der Waals surface area contributed by atoms with Gasteiger partial charge in [-0.25, -0.2) is 4.98 Å². The Labute approximate surface area is 205 Å². The quantitative estimate of drug-likeness (QED) is 0.452. The summed E-state index contributed by atoms with van der Waals surface area (Å²) in [6, 6.07) is 12.1. The molecule has 2 amide bonds. The number of nitrogens with one attached hydrogen (secondary N) is 3. The molecule has 0 unspecified atom stereocenters. The van der Waals surface area contributed by atoms with E-state index >= 15 is 0 Å². The first-order valence-electron chi connectivity index (χ1n) is 12.2. The van der Waals surface area contributed by atoms with Crippen LogP contribution in [-0.4, -0.2) is 52.9 Å². The highest BCUT2D eigenvalue weighted by Crippen LogP contribution is 2.25. The zero-order valence-corrected chi connectivity index (χ0v) is 20.6. The molecule has 0 spiro atoms. The number of carbonyl (C=O) groups excluding carboxylic acids is 2. The van der Waals surface area contributed by atoms with Gasteiger partial charge < -0.3 is 20.5 Å². The number of para-hydroxylation sites is 1. The summed E-state index contributed by atoms with van der Waals surface area (Å²) in [5.74, 6) is 1.04.